The fourth-order valence-electron chi connectivity index (χ4n) is 1.98. The SMILES string of the molecule is Cc1cc(C(F)(F)F)ccc1C(NN)c1ccc(Br)o1. The van der Waals surface area contributed by atoms with Crippen LogP contribution >= 0.6 is 15.9 Å². The van der Waals surface area contributed by atoms with Gasteiger partial charge in [0.1, 0.15) is 11.8 Å². The number of benzene rings is 1. The van der Waals surface area contributed by atoms with Gasteiger partial charge in [-0.05, 0) is 58.2 Å². The third-order valence-electron chi connectivity index (χ3n) is 2.95. The Balaban J connectivity index is 2.41. The predicted molar refractivity (Wildman–Crippen MR) is 71.8 cm³/mol. The van der Waals surface area contributed by atoms with Crippen molar-refractivity contribution in [2.45, 2.75) is 19.1 Å². The molecule has 3 N–H and O–H groups in total. The molecular formula is C13H12BrF3N2O. The molecular weight excluding hydrogens is 337 g/mol. The minimum absolute atomic E-state index is 0.482. The minimum atomic E-state index is -4.36. The normalized spacial score (nSPS) is 13.5. The molecule has 0 amide bonds. The van der Waals surface area contributed by atoms with E-state index in [0.29, 0.717) is 21.6 Å². The van der Waals surface area contributed by atoms with Crippen molar-refractivity contribution in [1.29, 1.82) is 0 Å². The second-order valence-corrected chi connectivity index (χ2v) is 5.09. The van der Waals surface area contributed by atoms with Crippen molar-refractivity contribution in [2.24, 2.45) is 5.84 Å². The van der Waals surface area contributed by atoms with Gasteiger partial charge in [-0.15, -0.1) is 0 Å². The summed E-state index contributed by atoms with van der Waals surface area (Å²) in [6.07, 6.45) is -4.36. The molecule has 1 atom stereocenters. The van der Waals surface area contributed by atoms with Gasteiger partial charge in [0.15, 0.2) is 4.67 Å². The van der Waals surface area contributed by atoms with Crippen LogP contribution in [0.15, 0.2) is 39.4 Å². The lowest BCUT2D eigenvalue weighted by Gasteiger charge is -2.18. The van der Waals surface area contributed by atoms with Crippen LogP contribution in [0.25, 0.3) is 0 Å². The number of hydrazine groups is 1. The number of hydrogen-bond acceptors (Lipinski definition) is 3. The van der Waals surface area contributed by atoms with Gasteiger partial charge in [-0.1, -0.05) is 6.07 Å². The highest BCUT2D eigenvalue weighted by atomic mass is 79.9. The van der Waals surface area contributed by atoms with E-state index in [9.17, 15) is 13.2 Å². The van der Waals surface area contributed by atoms with Gasteiger partial charge in [0.05, 0.1) is 5.56 Å². The quantitative estimate of drug-likeness (QED) is 0.652. The van der Waals surface area contributed by atoms with Gasteiger partial charge in [0, 0.05) is 0 Å². The Kier molecular flexibility index (Phi) is 4.22. The molecule has 1 aromatic heterocycles. The molecule has 2 rings (SSSR count). The van der Waals surface area contributed by atoms with Crippen LogP contribution in [0.3, 0.4) is 0 Å². The van der Waals surface area contributed by atoms with E-state index in [0.717, 1.165) is 12.1 Å². The summed E-state index contributed by atoms with van der Waals surface area (Å²) in [4.78, 5) is 0. The molecule has 0 saturated carbocycles. The number of furan rings is 1. The second-order valence-electron chi connectivity index (χ2n) is 4.31. The lowest BCUT2D eigenvalue weighted by Crippen LogP contribution is -2.29. The molecule has 0 saturated heterocycles. The van der Waals surface area contributed by atoms with Gasteiger partial charge in [0.25, 0.3) is 0 Å². The lowest BCUT2D eigenvalue weighted by atomic mass is 9.97. The molecule has 1 heterocycles. The third-order valence-corrected chi connectivity index (χ3v) is 3.38. The van der Waals surface area contributed by atoms with Crippen molar-refractivity contribution in [2.75, 3.05) is 0 Å². The standard InChI is InChI=1S/C13H12BrF3N2O/c1-7-6-8(13(15,16)17)2-3-9(7)12(19-18)10-4-5-11(14)20-10/h2-6,12,19H,18H2,1H3. The minimum Gasteiger partial charge on any atom is -0.452 e. The number of halogens is 4. The number of hydrogen-bond donors (Lipinski definition) is 2. The Morgan fingerprint density at radius 1 is 1.25 bits per heavy atom. The van der Waals surface area contributed by atoms with Gasteiger partial charge in [0.2, 0.25) is 0 Å². The van der Waals surface area contributed by atoms with E-state index in [1.165, 1.54) is 6.07 Å². The second kappa shape index (κ2) is 5.59. The first-order chi connectivity index (χ1) is 9.32. The van der Waals surface area contributed by atoms with Crippen molar-refractivity contribution in [3.8, 4) is 0 Å². The van der Waals surface area contributed by atoms with Crippen molar-refractivity contribution in [3.05, 3.63) is 57.5 Å². The van der Waals surface area contributed by atoms with E-state index in [1.54, 1.807) is 19.1 Å². The first-order valence-electron chi connectivity index (χ1n) is 5.72. The summed E-state index contributed by atoms with van der Waals surface area (Å²) >= 11 is 3.17. The van der Waals surface area contributed by atoms with Gasteiger partial charge in [-0.25, -0.2) is 5.43 Å². The lowest BCUT2D eigenvalue weighted by molar-refractivity contribution is -0.137. The highest BCUT2D eigenvalue weighted by Crippen LogP contribution is 2.33. The highest BCUT2D eigenvalue weighted by molar-refractivity contribution is 9.10. The maximum Gasteiger partial charge on any atom is 0.416 e. The Morgan fingerprint density at radius 3 is 2.40 bits per heavy atom. The smallest absolute Gasteiger partial charge is 0.416 e. The van der Waals surface area contributed by atoms with Crippen LogP contribution in [0.1, 0.15) is 28.5 Å². The Hall–Kier alpha value is -1.31. The Morgan fingerprint density at radius 2 is 1.95 bits per heavy atom. The monoisotopic (exact) mass is 348 g/mol. The van der Waals surface area contributed by atoms with Crippen molar-refractivity contribution in [3.63, 3.8) is 0 Å². The molecule has 0 aliphatic carbocycles. The maximum atomic E-state index is 12.6. The third kappa shape index (κ3) is 3.05. The van der Waals surface area contributed by atoms with Crippen LogP contribution < -0.4 is 11.3 Å². The van der Waals surface area contributed by atoms with Gasteiger partial charge >= 0.3 is 6.18 Å². The van der Waals surface area contributed by atoms with Crippen LogP contribution in [0.2, 0.25) is 0 Å². The zero-order chi connectivity index (χ0) is 14.9. The molecule has 0 fully saturated rings. The first-order valence-corrected chi connectivity index (χ1v) is 6.51. The zero-order valence-corrected chi connectivity index (χ0v) is 12.0. The number of aryl methyl sites for hydroxylation is 1. The Labute approximate surface area is 122 Å². The summed E-state index contributed by atoms with van der Waals surface area (Å²) in [5.74, 6) is 6.01. The predicted octanol–water partition coefficient (Wildman–Crippen LogP) is 3.92. The highest BCUT2D eigenvalue weighted by Gasteiger charge is 2.31. The van der Waals surface area contributed by atoms with E-state index in [2.05, 4.69) is 21.4 Å². The summed E-state index contributed by atoms with van der Waals surface area (Å²) in [7, 11) is 0. The molecule has 7 heteroatoms. The molecule has 1 aromatic carbocycles. The summed E-state index contributed by atoms with van der Waals surface area (Å²) in [6.45, 7) is 1.60. The van der Waals surface area contributed by atoms with E-state index in [4.69, 9.17) is 10.3 Å². The molecule has 2 aromatic rings. The van der Waals surface area contributed by atoms with Crippen LogP contribution in [0.5, 0.6) is 0 Å². The van der Waals surface area contributed by atoms with E-state index < -0.39 is 17.8 Å². The van der Waals surface area contributed by atoms with Gasteiger partial charge < -0.3 is 4.42 Å². The Bertz CT molecular complexity index is 610. The average molecular weight is 349 g/mol. The number of rotatable bonds is 3. The summed E-state index contributed by atoms with van der Waals surface area (Å²) in [5.41, 5.74) is 2.98. The van der Waals surface area contributed by atoms with Gasteiger partial charge in [-0.2, -0.15) is 13.2 Å². The molecule has 0 aliphatic heterocycles. The van der Waals surface area contributed by atoms with Crippen LogP contribution in [-0.4, -0.2) is 0 Å². The molecule has 0 radical (unpaired) electrons. The zero-order valence-electron chi connectivity index (χ0n) is 10.5. The van der Waals surface area contributed by atoms with Crippen molar-refractivity contribution >= 4 is 15.9 Å². The topological polar surface area (TPSA) is 51.2 Å². The molecule has 0 spiro atoms. The van der Waals surface area contributed by atoms with Crippen LogP contribution in [0, 0.1) is 6.92 Å². The van der Waals surface area contributed by atoms with E-state index >= 15 is 0 Å². The number of alkyl halides is 3. The largest absolute Gasteiger partial charge is 0.452 e. The first kappa shape index (κ1) is 15.1. The summed E-state index contributed by atoms with van der Waals surface area (Å²) in [6, 6.07) is 6.41. The van der Waals surface area contributed by atoms with E-state index in [1.807, 2.05) is 0 Å². The molecule has 3 nitrogen and oxygen atoms in total. The fraction of sp³-hybridized carbons (Fsp3) is 0.231. The van der Waals surface area contributed by atoms with Crippen LogP contribution in [-0.2, 0) is 6.18 Å². The van der Waals surface area contributed by atoms with Gasteiger partial charge in [-0.3, -0.25) is 5.84 Å². The number of nitrogens with two attached hydrogens (primary N) is 1. The van der Waals surface area contributed by atoms with Crippen LogP contribution in [0.4, 0.5) is 13.2 Å². The molecule has 0 bridgehead atoms. The molecule has 1 unspecified atom stereocenters. The molecule has 108 valence electrons. The molecule has 20 heavy (non-hydrogen) atoms. The fourth-order valence-corrected chi connectivity index (χ4v) is 2.30. The van der Waals surface area contributed by atoms with Crippen molar-refractivity contribution in [1.82, 2.24) is 5.43 Å². The van der Waals surface area contributed by atoms with Crippen molar-refractivity contribution < 1.29 is 17.6 Å². The summed E-state index contributed by atoms with van der Waals surface area (Å²) in [5, 5.41) is 0. The summed E-state index contributed by atoms with van der Waals surface area (Å²) < 4.78 is 43.9. The van der Waals surface area contributed by atoms with E-state index in [-0.39, 0.29) is 0 Å². The number of nitrogens with one attached hydrogen (secondary N) is 1. The average Bonchev–Trinajstić information content (AvgIpc) is 2.77. The maximum absolute atomic E-state index is 12.6. The molecule has 0 aliphatic rings.